The number of nitrogens with zero attached hydrogens (tertiary/aromatic N) is 1. The second-order valence-corrected chi connectivity index (χ2v) is 6.97. The second-order valence-electron chi connectivity index (χ2n) is 6.97. The number of fused-ring (bicyclic) bond motifs is 1. The van der Waals surface area contributed by atoms with Crippen LogP contribution in [0.2, 0.25) is 0 Å². The standard InChI is InChI=1S/C19H22FN5O3/c20-12-8-11(17(22)26)18(23-10-5-6-15-16(7-10)28-9-27-15)25-19(12)24-14-4-2-1-3-13(14)21/h5-8,13-14H,1-4,9,21H2,(H2,22,26)(H2,23,24,25)/t13-,14?/m0/s1. The van der Waals surface area contributed by atoms with Gasteiger partial charge in [-0.3, -0.25) is 4.79 Å². The summed E-state index contributed by atoms with van der Waals surface area (Å²) in [5.74, 6) is -0.0470. The van der Waals surface area contributed by atoms with Crippen LogP contribution in [0, 0.1) is 5.82 Å². The summed E-state index contributed by atoms with van der Waals surface area (Å²) in [6.45, 7) is 0.149. The van der Waals surface area contributed by atoms with Crippen LogP contribution in [0.15, 0.2) is 24.3 Å². The summed E-state index contributed by atoms with van der Waals surface area (Å²) in [7, 11) is 0. The number of rotatable bonds is 5. The minimum atomic E-state index is -0.782. The number of ether oxygens (including phenoxy) is 2. The second kappa shape index (κ2) is 7.51. The molecule has 1 aromatic heterocycles. The molecule has 1 saturated carbocycles. The summed E-state index contributed by atoms with van der Waals surface area (Å²) in [4.78, 5) is 16.1. The molecule has 2 aromatic rings. The average Bonchev–Trinajstić information content (AvgIpc) is 3.13. The number of halogens is 1. The molecule has 1 aliphatic heterocycles. The maximum atomic E-state index is 14.6. The number of carbonyl (C=O) groups excluding carboxylic acids is 1. The van der Waals surface area contributed by atoms with Crippen molar-refractivity contribution in [3.05, 3.63) is 35.6 Å². The van der Waals surface area contributed by atoms with Crippen LogP contribution in [0.4, 0.5) is 21.7 Å². The molecule has 1 aromatic carbocycles. The van der Waals surface area contributed by atoms with E-state index in [1.165, 1.54) is 0 Å². The number of pyridine rings is 1. The Morgan fingerprint density at radius 1 is 1.14 bits per heavy atom. The van der Waals surface area contributed by atoms with Gasteiger partial charge in [-0.1, -0.05) is 12.8 Å². The van der Waals surface area contributed by atoms with Gasteiger partial charge in [0.25, 0.3) is 5.91 Å². The molecule has 6 N–H and O–H groups in total. The van der Waals surface area contributed by atoms with Crippen LogP contribution < -0.4 is 31.6 Å². The van der Waals surface area contributed by atoms with E-state index in [0.717, 1.165) is 31.7 Å². The predicted molar refractivity (Wildman–Crippen MR) is 102 cm³/mol. The fraction of sp³-hybridized carbons (Fsp3) is 0.368. The highest BCUT2D eigenvalue weighted by molar-refractivity contribution is 5.98. The van der Waals surface area contributed by atoms with Crippen LogP contribution in [-0.2, 0) is 0 Å². The normalized spacial score (nSPS) is 20.6. The fourth-order valence-corrected chi connectivity index (χ4v) is 3.50. The molecule has 4 rings (SSSR count). The first-order valence-electron chi connectivity index (χ1n) is 9.20. The lowest BCUT2D eigenvalue weighted by atomic mass is 9.91. The van der Waals surface area contributed by atoms with Crippen molar-refractivity contribution >= 4 is 23.2 Å². The third-order valence-electron chi connectivity index (χ3n) is 5.02. The topological polar surface area (TPSA) is 125 Å². The fourth-order valence-electron chi connectivity index (χ4n) is 3.50. The zero-order chi connectivity index (χ0) is 19.7. The highest BCUT2D eigenvalue weighted by Gasteiger charge is 2.24. The lowest BCUT2D eigenvalue weighted by Gasteiger charge is -2.30. The van der Waals surface area contributed by atoms with Crippen molar-refractivity contribution in [1.29, 1.82) is 0 Å². The summed E-state index contributed by atoms with van der Waals surface area (Å²) in [5.41, 5.74) is 12.1. The first-order chi connectivity index (χ1) is 13.5. The van der Waals surface area contributed by atoms with Crippen LogP contribution >= 0.6 is 0 Å². The van der Waals surface area contributed by atoms with Gasteiger partial charge in [-0.25, -0.2) is 9.37 Å². The van der Waals surface area contributed by atoms with Crippen molar-refractivity contribution < 1.29 is 18.7 Å². The van der Waals surface area contributed by atoms with Crippen LogP contribution in [0.3, 0.4) is 0 Å². The van der Waals surface area contributed by atoms with Crippen LogP contribution in [0.25, 0.3) is 0 Å². The number of hydrogen-bond donors (Lipinski definition) is 4. The van der Waals surface area contributed by atoms with E-state index in [1.54, 1.807) is 18.2 Å². The SMILES string of the molecule is NC(=O)c1cc(F)c(NC2CCCC[C@@H]2N)nc1Nc1ccc2c(c1)OCO2. The Hall–Kier alpha value is -3.07. The molecule has 0 spiro atoms. The Kier molecular flexibility index (Phi) is 4.91. The first-order valence-corrected chi connectivity index (χ1v) is 9.20. The molecule has 2 aliphatic rings. The average molecular weight is 387 g/mol. The van der Waals surface area contributed by atoms with Gasteiger partial charge in [0.1, 0.15) is 5.82 Å². The molecule has 0 bridgehead atoms. The van der Waals surface area contributed by atoms with E-state index < -0.39 is 11.7 Å². The highest BCUT2D eigenvalue weighted by Crippen LogP contribution is 2.35. The molecule has 8 nitrogen and oxygen atoms in total. The van der Waals surface area contributed by atoms with E-state index in [0.29, 0.717) is 17.2 Å². The first kappa shape index (κ1) is 18.3. The van der Waals surface area contributed by atoms with Crippen LogP contribution in [0.1, 0.15) is 36.0 Å². The predicted octanol–water partition coefficient (Wildman–Crippen LogP) is 2.47. The van der Waals surface area contributed by atoms with Gasteiger partial charge in [-0.15, -0.1) is 0 Å². The van der Waals surface area contributed by atoms with Crippen LogP contribution in [-0.4, -0.2) is 29.8 Å². The molecular weight excluding hydrogens is 365 g/mol. The van der Waals surface area contributed by atoms with E-state index >= 15 is 0 Å². The number of anilines is 3. The summed E-state index contributed by atoms with van der Waals surface area (Å²) in [5, 5.41) is 6.10. The van der Waals surface area contributed by atoms with E-state index in [9.17, 15) is 9.18 Å². The molecule has 2 heterocycles. The molecule has 148 valence electrons. The summed E-state index contributed by atoms with van der Waals surface area (Å²) >= 11 is 0. The number of aromatic nitrogens is 1. The largest absolute Gasteiger partial charge is 0.454 e. The summed E-state index contributed by atoms with van der Waals surface area (Å²) in [6, 6.07) is 6.12. The number of nitrogens with one attached hydrogen (secondary N) is 2. The molecule has 1 unspecified atom stereocenters. The molecule has 0 radical (unpaired) electrons. The van der Waals surface area contributed by atoms with Gasteiger partial charge in [0.2, 0.25) is 6.79 Å². The number of nitrogens with two attached hydrogens (primary N) is 2. The van der Waals surface area contributed by atoms with Gasteiger partial charge >= 0.3 is 0 Å². The molecule has 1 fully saturated rings. The van der Waals surface area contributed by atoms with Gasteiger partial charge in [-0.05, 0) is 31.0 Å². The number of benzene rings is 1. The Morgan fingerprint density at radius 3 is 2.71 bits per heavy atom. The maximum absolute atomic E-state index is 14.6. The van der Waals surface area contributed by atoms with E-state index in [4.69, 9.17) is 20.9 Å². The number of carbonyl (C=O) groups is 1. The molecule has 1 amide bonds. The van der Waals surface area contributed by atoms with E-state index in [-0.39, 0.29) is 36.1 Å². The lowest BCUT2D eigenvalue weighted by molar-refractivity contribution is 0.100. The third-order valence-corrected chi connectivity index (χ3v) is 5.02. The van der Waals surface area contributed by atoms with Crippen LogP contribution in [0.5, 0.6) is 11.5 Å². The third kappa shape index (κ3) is 3.65. The van der Waals surface area contributed by atoms with Gasteiger partial charge in [0.15, 0.2) is 23.1 Å². The van der Waals surface area contributed by atoms with Crippen molar-refractivity contribution in [1.82, 2.24) is 4.98 Å². The highest BCUT2D eigenvalue weighted by atomic mass is 19.1. The molecule has 0 saturated heterocycles. The van der Waals surface area contributed by atoms with Crippen molar-refractivity contribution in [3.8, 4) is 11.5 Å². The van der Waals surface area contributed by atoms with E-state index in [1.807, 2.05) is 0 Å². The van der Waals surface area contributed by atoms with Crippen molar-refractivity contribution in [3.63, 3.8) is 0 Å². The molecular formula is C19H22FN5O3. The van der Waals surface area contributed by atoms with Gasteiger partial charge < -0.3 is 31.6 Å². The number of hydrogen-bond acceptors (Lipinski definition) is 7. The number of primary amides is 1. The zero-order valence-corrected chi connectivity index (χ0v) is 15.2. The Labute approximate surface area is 161 Å². The minimum absolute atomic E-state index is 0.0376. The minimum Gasteiger partial charge on any atom is -0.454 e. The van der Waals surface area contributed by atoms with Crippen molar-refractivity contribution in [2.45, 2.75) is 37.8 Å². The monoisotopic (exact) mass is 387 g/mol. The quantitative estimate of drug-likeness (QED) is 0.621. The Balaban J connectivity index is 1.63. The van der Waals surface area contributed by atoms with Gasteiger partial charge in [-0.2, -0.15) is 0 Å². The molecule has 1 aliphatic carbocycles. The van der Waals surface area contributed by atoms with Gasteiger partial charge in [0, 0.05) is 23.8 Å². The molecule has 28 heavy (non-hydrogen) atoms. The molecule has 2 atom stereocenters. The summed E-state index contributed by atoms with van der Waals surface area (Å²) < 4.78 is 25.2. The summed E-state index contributed by atoms with van der Waals surface area (Å²) in [6.07, 6.45) is 3.80. The Morgan fingerprint density at radius 2 is 1.93 bits per heavy atom. The number of amides is 1. The Bertz CT molecular complexity index is 907. The van der Waals surface area contributed by atoms with E-state index in [2.05, 4.69) is 15.6 Å². The zero-order valence-electron chi connectivity index (χ0n) is 15.2. The maximum Gasteiger partial charge on any atom is 0.252 e. The van der Waals surface area contributed by atoms with Gasteiger partial charge in [0.05, 0.1) is 5.56 Å². The lowest BCUT2D eigenvalue weighted by Crippen LogP contribution is -2.43. The molecule has 9 heteroatoms. The van der Waals surface area contributed by atoms with Crippen molar-refractivity contribution in [2.24, 2.45) is 11.5 Å². The smallest absolute Gasteiger partial charge is 0.252 e. The van der Waals surface area contributed by atoms with Crippen molar-refractivity contribution in [2.75, 3.05) is 17.4 Å².